The Morgan fingerprint density at radius 1 is 1.23 bits per heavy atom. The lowest BCUT2D eigenvalue weighted by Crippen LogP contribution is -2.60. The Bertz CT molecular complexity index is 992. The molecule has 0 saturated carbocycles. The third-order valence-corrected chi connectivity index (χ3v) is 5.49. The van der Waals surface area contributed by atoms with E-state index >= 15 is 0 Å². The molecule has 4 rings (SSSR count). The Balaban J connectivity index is 1.37. The molecule has 0 aliphatic carbocycles. The van der Waals surface area contributed by atoms with E-state index in [0.29, 0.717) is 37.8 Å². The number of aromatic hydroxyl groups is 1. The first kappa shape index (κ1) is 21.0. The van der Waals surface area contributed by atoms with Crippen LogP contribution >= 0.6 is 0 Å². The molecule has 10 heteroatoms. The maximum Gasteiger partial charge on any atom is 0.522 e. The molecule has 2 aliphatic rings. The highest BCUT2D eigenvalue weighted by atomic mass is 16.5. The van der Waals surface area contributed by atoms with E-state index in [1.165, 1.54) is 0 Å². The van der Waals surface area contributed by atoms with Crippen molar-refractivity contribution in [3.63, 3.8) is 0 Å². The van der Waals surface area contributed by atoms with Gasteiger partial charge in [0.1, 0.15) is 28.9 Å². The van der Waals surface area contributed by atoms with Crippen molar-refractivity contribution in [1.82, 2.24) is 4.90 Å². The van der Waals surface area contributed by atoms with Gasteiger partial charge in [-0.2, -0.15) is 0 Å². The number of carboxylic acids is 1. The molecule has 2 heterocycles. The normalized spacial score (nSPS) is 16.7. The second-order valence-corrected chi connectivity index (χ2v) is 7.80. The molecule has 0 spiro atoms. The minimum Gasteiger partial charge on any atom is -0.535 e. The molecule has 31 heavy (non-hydrogen) atoms. The standard InChI is InChI=1S/C21H23BN2O7/c23-16(9-12-1-4-14(25)5-2-12)20(26)24-10-15(11-24)30-17-6-3-13-7-8-22(29)31-19(13)18(17)21(27)28/h1-6,15-16,25,29H,7-11,23H2,(H,27,28)/t16-/m1/s1. The maximum atomic E-state index is 12.6. The zero-order valence-electron chi connectivity index (χ0n) is 16.7. The number of carboxylic acid groups (broad SMARTS) is 1. The van der Waals surface area contributed by atoms with E-state index in [2.05, 4.69) is 0 Å². The van der Waals surface area contributed by atoms with Crippen molar-refractivity contribution in [2.24, 2.45) is 5.73 Å². The molecule has 2 aromatic rings. The summed E-state index contributed by atoms with van der Waals surface area (Å²) in [6.07, 6.45) is 0.891. The van der Waals surface area contributed by atoms with Crippen molar-refractivity contribution in [3.8, 4) is 17.2 Å². The van der Waals surface area contributed by atoms with E-state index in [-0.39, 0.29) is 34.8 Å². The van der Waals surface area contributed by atoms with Gasteiger partial charge >= 0.3 is 13.1 Å². The van der Waals surface area contributed by atoms with E-state index in [0.717, 1.165) is 5.56 Å². The summed E-state index contributed by atoms with van der Waals surface area (Å²) < 4.78 is 11.2. The quantitative estimate of drug-likeness (QED) is 0.494. The van der Waals surface area contributed by atoms with Crippen molar-refractivity contribution >= 4 is 19.0 Å². The topological polar surface area (TPSA) is 143 Å². The molecule has 0 bridgehead atoms. The van der Waals surface area contributed by atoms with Crippen LogP contribution in [0.25, 0.3) is 0 Å². The highest BCUT2D eigenvalue weighted by molar-refractivity contribution is 6.44. The van der Waals surface area contributed by atoms with E-state index in [1.54, 1.807) is 41.3 Å². The summed E-state index contributed by atoms with van der Waals surface area (Å²) in [7, 11) is -1.05. The summed E-state index contributed by atoms with van der Waals surface area (Å²) in [4.78, 5) is 25.9. The van der Waals surface area contributed by atoms with Gasteiger partial charge in [0.15, 0.2) is 0 Å². The number of phenolic OH excluding ortho intramolecular Hbond substituents is 1. The van der Waals surface area contributed by atoms with Crippen LogP contribution in [0.15, 0.2) is 36.4 Å². The minimum atomic E-state index is -1.20. The fraction of sp³-hybridized carbons (Fsp3) is 0.333. The van der Waals surface area contributed by atoms with Gasteiger partial charge < -0.3 is 35.3 Å². The summed E-state index contributed by atoms with van der Waals surface area (Å²) >= 11 is 0. The van der Waals surface area contributed by atoms with Crippen LogP contribution in [0.5, 0.6) is 17.2 Å². The number of rotatable bonds is 6. The Labute approximate surface area is 179 Å². The number of likely N-dealkylation sites (tertiary alicyclic amines) is 1. The Morgan fingerprint density at radius 2 is 1.94 bits per heavy atom. The number of ether oxygens (including phenoxy) is 1. The number of hydrogen-bond acceptors (Lipinski definition) is 7. The zero-order valence-corrected chi connectivity index (χ0v) is 16.7. The van der Waals surface area contributed by atoms with Crippen molar-refractivity contribution in [1.29, 1.82) is 0 Å². The molecule has 5 N–H and O–H groups in total. The van der Waals surface area contributed by atoms with Crippen LogP contribution in [0, 0.1) is 0 Å². The van der Waals surface area contributed by atoms with Crippen LogP contribution in [0.3, 0.4) is 0 Å². The van der Waals surface area contributed by atoms with Crippen LogP contribution < -0.4 is 15.1 Å². The van der Waals surface area contributed by atoms with Gasteiger partial charge in [0.25, 0.3) is 0 Å². The van der Waals surface area contributed by atoms with E-state index < -0.39 is 19.1 Å². The molecule has 0 aromatic heterocycles. The van der Waals surface area contributed by atoms with Crippen molar-refractivity contribution in [2.75, 3.05) is 13.1 Å². The van der Waals surface area contributed by atoms with Gasteiger partial charge in [-0.25, -0.2) is 4.79 Å². The number of phenols is 1. The molecule has 9 nitrogen and oxygen atoms in total. The summed E-state index contributed by atoms with van der Waals surface area (Å²) in [6.45, 7) is 0.587. The molecule has 0 unspecified atom stereocenters. The third-order valence-electron chi connectivity index (χ3n) is 5.49. The molecule has 2 aromatic carbocycles. The average molecular weight is 426 g/mol. The van der Waals surface area contributed by atoms with E-state index in [9.17, 15) is 24.8 Å². The fourth-order valence-corrected chi connectivity index (χ4v) is 3.79. The number of aromatic carboxylic acids is 1. The largest absolute Gasteiger partial charge is 0.535 e. The number of aryl methyl sites for hydroxylation is 1. The summed E-state index contributed by atoms with van der Waals surface area (Å²) in [5.41, 5.74) is 7.47. The van der Waals surface area contributed by atoms with Crippen LogP contribution in [-0.4, -0.2) is 64.4 Å². The van der Waals surface area contributed by atoms with Crippen molar-refractivity contribution in [3.05, 3.63) is 53.1 Å². The third kappa shape index (κ3) is 4.45. The van der Waals surface area contributed by atoms with Crippen LogP contribution in [-0.2, 0) is 17.6 Å². The van der Waals surface area contributed by atoms with Crippen LogP contribution in [0.2, 0.25) is 6.32 Å². The van der Waals surface area contributed by atoms with Gasteiger partial charge in [-0.05, 0) is 48.5 Å². The molecule has 1 atom stereocenters. The molecule has 0 radical (unpaired) electrons. The first-order valence-corrected chi connectivity index (χ1v) is 10.0. The molecule has 1 saturated heterocycles. The number of carbonyl (C=O) groups excluding carboxylic acids is 1. The second kappa shape index (κ2) is 8.48. The van der Waals surface area contributed by atoms with Crippen molar-refractivity contribution in [2.45, 2.75) is 31.3 Å². The summed E-state index contributed by atoms with van der Waals surface area (Å²) in [5.74, 6) is -1.00. The first-order chi connectivity index (χ1) is 14.8. The Kier molecular flexibility index (Phi) is 5.75. The van der Waals surface area contributed by atoms with Gasteiger partial charge in [-0.3, -0.25) is 4.79 Å². The number of hydrogen-bond donors (Lipinski definition) is 4. The van der Waals surface area contributed by atoms with Gasteiger partial charge in [0.05, 0.1) is 19.1 Å². The van der Waals surface area contributed by atoms with Gasteiger partial charge in [-0.15, -0.1) is 0 Å². The molecular formula is C21H23BN2O7. The highest BCUT2D eigenvalue weighted by Gasteiger charge is 2.36. The number of nitrogens with two attached hydrogens (primary N) is 1. The predicted molar refractivity (Wildman–Crippen MR) is 111 cm³/mol. The second-order valence-electron chi connectivity index (χ2n) is 7.80. The van der Waals surface area contributed by atoms with Crippen LogP contribution in [0.4, 0.5) is 0 Å². The summed E-state index contributed by atoms with van der Waals surface area (Å²) in [6, 6.07) is 9.12. The number of fused-ring (bicyclic) bond motifs is 1. The van der Waals surface area contributed by atoms with Gasteiger partial charge in [0.2, 0.25) is 5.91 Å². The highest BCUT2D eigenvalue weighted by Crippen LogP contribution is 2.37. The SMILES string of the molecule is N[C@H](Cc1ccc(O)cc1)C(=O)N1CC(Oc2ccc3c(c2C(=O)O)OB(O)CC3)C1. The van der Waals surface area contributed by atoms with E-state index in [1.807, 2.05) is 0 Å². The fourth-order valence-electron chi connectivity index (χ4n) is 3.79. The lowest BCUT2D eigenvalue weighted by Gasteiger charge is -2.40. The molecule has 162 valence electrons. The predicted octanol–water partition coefficient (Wildman–Crippen LogP) is 0.665. The minimum absolute atomic E-state index is 0.120. The molecule has 2 aliphatic heterocycles. The number of amides is 1. The molecule has 1 fully saturated rings. The maximum absolute atomic E-state index is 12.6. The smallest absolute Gasteiger partial charge is 0.522 e. The van der Waals surface area contributed by atoms with Crippen LogP contribution in [0.1, 0.15) is 21.5 Å². The lowest BCUT2D eigenvalue weighted by atomic mass is 9.78. The Morgan fingerprint density at radius 3 is 2.61 bits per heavy atom. The average Bonchev–Trinajstić information content (AvgIpc) is 2.70. The van der Waals surface area contributed by atoms with Gasteiger partial charge in [-0.1, -0.05) is 18.2 Å². The molecular weight excluding hydrogens is 403 g/mol. The van der Waals surface area contributed by atoms with Crippen molar-refractivity contribution < 1.29 is 34.2 Å². The zero-order chi connectivity index (χ0) is 22.1. The monoisotopic (exact) mass is 426 g/mol. The first-order valence-electron chi connectivity index (χ1n) is 10.0. The molecule has 1 amide bonds. The number of benzene rings is 2. The summed E-state index contributed by atoms with van der Waals surface area (Å²) in [5, 5.41) is 28.7. The number of carbonyl (C=O) groups is 2. The number of nitrogens with zero attached hydrogens (tertiary/aromatic N) is 1. The van der Waals surface area contributed by atoms with E-state index in [4.69, 9.17) is 15.1 Å². The lowest BCUT2D eigenvalue weighted by molar-refractivity contribution is -0.141. The van der Waals surface area contributed by atoms with Gasteiger partial charge in [0, 0.05) is 0 Å². The Hall–Kier alpha value is -3.24.